The number of hydrogen-bond donors (Lipinski definition) is 0. The van der Waals surface area contributed by atoms with Crippen molar-refractivity contribution in [2.24, 2.45) is 0 Å². The van der Waals surface area contributed by atoms with Crippen LogP contribution in [0.15, 0.2) is 29.6 Å². The number of aryl methyl sites for hydroxylation is 1. The topological polar surface area (TPSA) is 22.1 Å². The third-order valence-electron chi connectivity index (χ3n) is 2.71. The molecule has 1 aromatic heterocycles. The van der Waals surface area contributed by atoms with Gasteiger partial charge in [0.15, 0.2) is 0 Å². The monoisotopic (exact) mass is 261 g/mol. The Balaban J connectivity index is 2.14. The van der Waals surface area contributed by atoms with E-state index < -0.39 is 0 Å². The Kier molecular flexibility index (Phi) is 3.71. The van der Waals surface area contributed by atoms with Gasteiger partial charge in [0, 0.05) is 11.1 Å². The van der Waals surface area contributed by atoms with E-state index in [0.29, 0.717) is 6.61 Å². The van der Waals surface area contributed by atoms with Crippen LogP contribution in [0.1, 0.15) is 37.0 Å². The van der Waals surface area contributed by atoms with Crippen LogP contribution in [0.25, 0.3) is 0 Å². The molecule has 18 heavy (non-hydrogen) atoms. The Morgan fingerprint density at radius 1 is 1.22 bits per heavy atom. The minimum absolute atomic E-state index is 0.0926. The zero-order chi connectivity index (χ0) is 13.2. The zero-order valence-electron chi connectivity index (χ0n) is 11.4. The van der Waals surface area contributed by atoms with Gasteiger partial charge in [0.25, 0.3) is 0 Å². The molecule has 0 fully saturated rings. The van der Waals surface area contributed by atoms with Crippen LogP contribution in [0.5, 0.6) is 5.75 Å². The Morgan fingerprint density at radius 2 is 1.94 bits per heavy atom. The number of nitrogens with zero attached hydrogens (tertiary/aromatic N) is 1. The van der Waals surface area contributed by atoms with Gasteiger partial charge < -0.3 is 4.74 Å². The summed E-state index contributed by atoms with van der Waals surface area (Å²) in [4.78, 5) is 4.41. The van der Waals surface area contributed by atoms with E-state index in [9.17, 15) is 0 Å². The van der Waals surface area contributed by atoms with Crippen molar-refractivity contribution in [1.29, 1.82) is 0 Å². The van der Waals surface area contributed by atoms with Gasteiger partial charge in [-0.1, -0.05) is 39.0 Å². The molecule has 2 aromatic rings. The fourth-order valence-electron chi connectivity index (χ4n) is 1.82. The van der Waals surface area contributed by atoms with E-state index in [1.807, 2.05) is 24.4 Å². The fraction of sp³-hybridized carbons (Fsp3) is 0.400. The van der Waals surface area contributed by atoms with E-state index in [1.54, 1.807) is 11.3 Å². The summed E-state index contributed by atoms with van der Waals surface area (Å²) in [6, 6.07) is 8.22. The largest absolute Gasteiger partial charge is 0.486 e. The van der Waals surface area contributed by atoms with Gasteiger partial charge in [0.1, 0.15) is 17.4 Å². The van der Waals surface area contributed by atoms with Gasteiger partial charge in [-0.05, 0) is 24.0 Å². The maximum atomic E-state index is 5.91. The Hall–Kier alpha value is -1.35. The van der Waals surface area contributed by atoms with E-state index in [2.05, 4.69) is 37.9 Å². The summed E-state index contributed by atoms with van der Waals surface area (Å²) >= 11 is 1.65. The van der Waals surface area contributed by atoms with Crippen molar-refractivity contribution in [3.8, 4) is 5.75 Å². The highest BCUT2D eigenvalue weighted by molar-refractivity contribution is 7.09. The predicted octanol–water partition coefficient (Wildman–Crippen LogP) is 4.33. The fourth-order valence-corrected chi connectivity index (χ4v) is 2.50. The van der Waals surface area contributed by atoms with Crippen LogP contribution in [0.3, 0.4) is 0 Å². The second-order valence-electron chi connectivity index (χ2n) is 5.42. The molecule has 96 valence electrons. The first-order valence-corrected chi connectivity index (χ1v) is 6.98. The molecular weight excluding hydrogens is 242 g/mol. The number of benzene rings is 1. The lowest BCUT2D eigenvalue weighted by molar-refractivity contribution is 0.297. The molecule has 0 radical (unpaired) electrons. The Morgan fingerprint density at radius 3 is 2.56 bits per heavy atom. The van der Waals surface area contributed by atoms with Crippen LogP contribution >= 0.6 is 11.3 Å². The lowest BCUT2D eigenvalue weighted by Crippen LogP contribution is -2.13. The van der Waals surface area contributed by atoms with Gasteiger partial charge in [-0.2, -0.15) is 0 Å². The molecule has 2 rings (SSSR count). The van der Waals surface area contributed by atoms with E-state index in [0.717, 1.165) is 16.5 Å². The average molecular weight is 261 g/mol. The molecule has 0 amide bonds. The van der Waals surface area contributed by atoms with Gasteiger partial charge in [-0.3, -0.25) is 0 Å². The number of rotatable bonds is 3. The van der Waals surface area contributed by atoms with Crippen LogP contribution in [-0.4, -0.2) is 4.98 Å². The second-order valence-corrected chi connectivity index (χ2v) is 6.36. The SMILES string of the molecule is Cc1csc(COc2ccccc2C(C)(C)C)n1. The molecule has 0 aliphatic carbocycles. The molecule has 3 heteroatoms. The van der Waals surface area contributed by atoms with Gasteiger partial charge in [-0.15, -0.1) is 11.3 Å². The normalized spacial score (nSPS) is 11.6. The summed E-state index contributed by atoms with van der Waals surface area (Å²) in [6.07, 6.45) is 0. The predicted molar refractivity (Wildman–Crippen MR) is 76.3 cm³/mol. The smallest absolute Gasteiger partial charge is 0.140 e. The summed E-state index contributed by atoms with van der Waals surface area (Å²) in [5.74, 6) is 0.956. The van der Waals surface area contributed by atoms with E-state index in [4.69, 9.17) is 4.74 Å². The van der Waals surface area contributed by atoms with Crippen LogP contribution in [-0.2, 0) is 12.0 Å². The molecular formula is C15H19NOS. The number of thiazole rings is 1. The molecule has 1 heterocycles. The molecule has 0 saturated heterocycles. The molecule has 0 N–H and O–H groups in total. The van der Waals surface area contributed by atoms with E-state index >= 15 is 0 Å². The highest BCUT2D eigenvalue weighted by Crippen LogP contribution is 2.31. The minimum Gasteiger partial charge on any atom is -0.486 e. The lowest BCUT2D eigenvalue weighted by atomic mass is 9.86. The van der Waals surface area contributed by atoms with Gasteiger partial charge in [0.05, 0.1) is 0 Å². The molecule has 2 nitrogen and oxygen atoms in total. The number of aromatic nitrogens is 1. The molecule has 0 saturated carbocycles. The third-order valence-corrected chi connectivity index (χ3v) is 3.65. The van der Waals surface area contributed by atoms with Crippen LogP contribution in [0.4, 0.5) is 0 Å². The van der Waals surface area contributed by atoms with E-state index in [1.165, 1.54) is 5.56 Å². The van der Waals surface area contributed by atoms with Crippen LogP contribution in [0, 0.1) is 6.92 Å². The first-order valence-electron chi connectivity index (χ1n) is 6.10. The first-order chi connectivity index (χ1) is 8.47. The summed E-state index contributed by atoms with van der Waals surface area (Å²) in [6.45, 7) is 9.14. The number of para-hydroxylation sites is 1. The van der Waals surface area contributed by atoms with Crippen molar-refractivity contribution in [3.05, 3.63) is 45.9 Å². The number of ether oxygens (including phenoxy) is 1. The van der Waals surface area contributed by atoms with Crippen molar-refractivity contribution in [3.63, 3.8) is 0 Å². The maximum absolute atomic E-state index is 5.91. The summed E-state index contributed by atoms with van der Waals surface area (Å²) < 4.78 is 5.91. The summed E-state index contributed by atoms with van der Waals surface area (Å²) in [7, 11) is 0. The average Bonchev–Trinajstić information content (AvgIpc) is 2.72. The third kappa shape index (κ3) is 3.10. The first kappa shape index (κ1) is 13.1. The maximum Gasteiger partial charge on any atom is 0.140 e. The summed E-state index contributed by atoms with van der Waals surface area (Å²) in [5, 5.41) is 3.07. The second kappa shape index (κ2) is 5.11. The van der Waals surface area contributed by atoms with Crippen LogP contribution in [0.2, 0.25) is 0 Å². The summed E-state index contributed by atoms with van der Waals surface area (Å²) in [5.41, 5.74) is 2.39. The standard InChI is InChI=1S/C15H19NOS/c1-11-10-18-14(16-11)9-17-13-8-6-5-7-12(13)15(2,3)4/h5-8,10H,9H2,1-4H3. The molecule has 1 aromatic carbocycles. The van der Waals surface area contributed by atoms with Crippen molar-refractivity contribution in [2.45, 2.75) is 39.7 Å². The van der Waals surface area contributed by atoms with Crippen LogP contribution < -0.4 is 4.74 Å². The molecule has 0 bridgehead atoms. The highest BCUT2D eigenvalue weighted by Gasteiger charge is 2.18. The molecule has 0 spiro atoms. The van der Waals surface area contributed by atoms with Gasteiger partial charge >= 0.3 is 0 Å². The van der Waals surface area contributed by atoms with E-state index in [-0.39, 0.29) is 5.41 Å². The van der Waals surface area contributed by atoms with Crippen molar-refractivity contribution >= 4 is 11.3 Å². The highest BCUT2D eigenvalue weighted by atomic mass is 32.1. The molecule has 0 unspecified atom stereocenters. The zero-order valence-corrected chi connectivity index (χ0v) is 12.2. The van der Waals surface area contributed by atoms with Crippen molar-refractivity contribution in [2.75, 3.05) is 0 Å². The quantitative estimate of drug-likeness (QED) is 0.820. The lowest BCUT2D eigenvalue weighted by Gasteiger charge is -2.22. The van der Waals surface area contributed by atoms with Crippen molar-refractivity contribution < 1.29 is 4.74 Å². The molecule has 0 aliphatic heterocycles. The Bertz CT molecular complexity index is 525. The van der Waals surface area contributed by atoms with Gasteiger partial charge in [-0.25, -0.2) is 4.98 Å². The molecule has 0 aliphatic rings. The van der Waals surface area contributed by atoms with Crippen molar-refractivity contribution in [1.82, 2.24) is 4.98 Å². The number of hydrogen-bond acceptors (Lipinski definition) is 3. The van der Waals surface area contributed by atoms with Gasteiger partial charge in [0.2, 0.25) is 0 Å². The molecule has 0 atom stereocenters. The Labute approximate surface area is 113 Å². The minimum atomic E-state index is 0.0926.